The van der Waals surface area contributed by atoms with Crippen LogP contribution in [0.25, 0.3) is 0 Å². The summed E-state index contributed by atoms with van der Waals surface area (Å²) in [6.07, 6.45) is 2.06. The number of aliphatic hydroxyl groups is 1. The van der Waals surface area contributed by atoms with Gasteiger partial charge in [-0.1, -0.05) is 43.2 Å². The van der Waals surface area contributed by atoms with Crippen molar-refractivity contribution in [2.24, 2.45) is 0 Å². The highest BCUT2D eigenvalue weighted by Gasteiger charge is 2.02. The molecule has 0 bridgehead atoms. The SMILES string of the molecule is CCCC#CCN(CCO)Cc1ccccc1. The standard InChI is InChI=1S/C15H21NO/c1-2-3-4-8-11-16(12-13-17)14-15-9-6-5-7-10-15/h5-7,9-10,17H,2-3,11-14H2,1H3. The van der Waals surface area contributed by atoms with Crippen LogP contribution in [0.3, 0.4) is 0 Å². The molecule has 92 valence electrons. The van der Waals surface area contributed by atoms with Crippen LogP contribution in [0, 0.1) is 11.8 Å². The predicted octanol–water partition coefficient (Wildman–Crippen LogP) is 2.28. The lowest BCUT2D eigenvalue weighted by Crippen LogP contribution is -2.26. The van der Waals surface area contributed by atoms with Crippen LogP contribution in [0.15, 0.2) is 30.3 Å². The maximum Gasteiger partial charge on any atom is 0.0605 e. The van der Waals surface area contributed by atoms with E-state index in [0.717, 1.165) is 25.9 Å². The Labute approximate surface area is 104 Å². The molecule has 0 spiro atoms. The van der Waals surface area contributed by atoms with Crippen LogP contribution >= 0.6 is 0 Å². The molecule has 2 nitrogen and oxygen atoms in total. The Morgan fingerprint density at radius 1 is 1.18 bits per heavy atom. The average molecular weight is 231 g/mol. The highest BCUT2D eigenvalue weighted by atomic mass is 16.3. The van der Waals surface area contributed by atoms with Crippen molar-refractivity contribution in [1.82, 2.24) is 4.90 Å². The molecule has 2 heteroatoms. The largest absolute Gasteiger partial charge is 0.395 e. The van der Waals surface area contributed by atoms with E-state index in [2.05, 4.69) is 35.8 Å². The third kappa shape index (κ3) is 6.11. The van der Waals surface area contributed by atoms with E-state index in [0.29, 0.717) is 6.54 Å². The highest BCUT2D eigenvalue weighted by molar-refractivity contribution is 5.15. The molecule has 17 heavy (non-hydrogen) atoms. The van der Waals surface area contributed by atoms with Crippen LogP contribution in [0.5, 0.6) is 0 Å². The van der Waals surface area contributed by atoms with E-state index >= 15 is 0 Å². The molecule has 0 aromatic heterocycles. The van der Waals surface area contributed by atoms with Crippen molar-refractivity contribution in [2.75, 3.05) is 19.7 Å². The average Bonchev–Trinajstić information content (AvgIpc) is 2.36. The number of aliphatic hydroxyl groups excluding tert-OH is 1. The van der Waals surface area contributed by atoms with E-state index in [4.69, 9.17) is 5.11 Å². The van der Waals surface area contributed by atoms with Crippen molar-refractivity contribution in [1.29, 1.82) is 0 Å². The van der Waals surface area contributed by atoms with Gasteiger partial charge in [-0.25, -0.2) is 0 Å². The molecule has 0 unspecified atom stereocenters. The van der Waals surface area contributed by atoms with Gasteiger partial charge in [0.15, 0.2) is 0 Å². The monoisotopic (exact) mass is 231 g/mol. The smallest absolute Gasteiger partial charge is 0.0605 e. The minimum absolute atomic E-state index is 0.183. The lowest BCUT2D eigenvalue weighted by molar-refractivity contribution is 0.205. The Bertz CT molecular complexity index is 350. The quantitative estimate of drug-likeness (QED) is 0.759. The van der Waals surface area contributed by atoms with E-state index in [1.807, 2.05) is 18.2 Å². The van der Waals surface area contributed by atoms with E-state index in [9.17, 15) is 0 Å². The van der Waals surface area contributed by atoms with Gasteiger partial charge in [0.2, 0.25) is 0 Å². The van der Waals surface area contributed by atoms with Gasteiger partial charge in [-0.05, 0) is 12.0 Å². The van der Waals surface area contributed by atoms with Gasteiger partial charge in [0, 0.05) is 19.5 Å². The third-order valence-corrected chi connectivity index (χ3v) is 2.47. The minimum atomic E-state index is 0.183. The van der Waals surface area contributed by atoms with E-state index in [-0.39, 0.29) is 6.61 Å². The Morgan fingerprint density at radius 2 is 1.94 bits per heavy atom. The zero-order valence-corrected chi connectivity index (χ0v) is 10.5. The fourth-order valence-electron chi connectivity index (χ4n) is 1.58. The summed E-state index contributed by atoms with van der Waals surface area (Å²) < 4.78 is 0. The maximum atomic E-state index is 9.03. The fraction of sp³-hybridized carbons (Fsp3) is 0.467. The van der Waals surface area contributed by atoms with E-state index in [1.54, 1.807) is 0 Å². The van der Waals surface area contributed by atoms with Crippen LogP contribution in [0.2, 0.25) is 0 Å². The summed E-state index contributed by atoms with van der Waals surface area (Å²) in [6, 6.07) is 10.3. The summed E-state index contributed by atoms with van der Waals surface area (Å²) in [5, 5.41) is 9.03. The molecule has 1 aromatic carbocycles. The molecule has 0 fully saturated rings. The first-order valence-corrected chi connectivity index (χ1v) is 6.19. The molecule has 1 rings (SSSR count). The maximum absolute atomic E-state index is 9.03. The first-order valence-electron chi connectivity index (χ1n) is 6.19. The van der Waals surface area contributed by atoms with Crippen molar-refractivity contribution in [3.05, 3.63) is 35.9 Å². The topological polar surface area (TPSA) is 23.5 Å². The normalized spacial score (nSPS) is 10.1. The van der Waals surface area contributed by atoms with E-state index in [1.165, 1.54) is 5.56 Å². The second-order valence-corrected chi connectivity index (χ2v) is 4.02. The van der Waals surface area contributed by atoms with Crippen LogP contribution in [0.1, 0.15) is 25.3 Å². The Kier molecular flexibility index (Phi) is 7.13. The van der Waals surface area contributed by atoms with Gasteiger partial charge in [-0.2, -0.15) is 0 Å². The van der Waals surface area contributed by atoms with Gasteiger partial charge >= 0.3 is 0 Å². The first-order chi connectivity index (χ1) is 8.36. The number of hydrogen-bond acceptors (Lipinski definition) is 2. The lowest BCUT2D eigenvalue weighted by atomic mass is 10.2. The number of unbranched alkanes of at least 4 members (excludes halogenated alkanes) is 1. The summed E-state index contributed by atoms with van der Waals surface area (Å²) in [7, 11) is 0. The van der Waals surface area contributed by atoms with Crippen molar-refractivity contribution in [2.45, 2.75) is 26.3 Å². The van der Waals surface area contributed by atoms with Crippen molar-refractivity contribution < 1.29 is 5.11 Å². The van der Waals surface area contributed by atoms with Crippen molar-refractivity contribution in [3.8, 4) is 11.8 Å². The Balaban J connectivity index is 2.46. The van der Waals surface area contributed by atoms with Crippen LogP contribution in [0.4, 0.5) is 0 Å². The number of rotatable bonds is 6. The highest BCUT2D eigenvalue weighted by Crippen LogP contribution is 2.03. The molecule has 1 N–H and O–H groups in total. The summed E-state index contributed by atoms with van der Waals surface area (Å²) in [5.74, 6) is 6.29. The van der Waals surface area contributed by atoms with Gasteiger partial charge in [0.05, 0.1) is 13.2 Å². The predicted molar refractivity (Wildman–Crippen MR) is 71.5 cm³/mol. The third-order valence-electron chi connectivity index (χ3n) is 2.47. The zero-order chi connectivity index (χ0) is 12.3. The molecular weight excluding hydrogens is 210 g/mol. The number of hydrogen-bond donors (Lipinski definition) is 1. The molecule has 0 saturated heterocycles. The van der Waals surface area contributed by atoms with Gasteiger partial charge in [0.1, 0.15) is 0 Å². The Hall–Kier alpha value is -1.30. The Morgan fingerprint density at radius 3 is 2.59 bits per heavy atom. The van der Waals surface area contributed by atoms with Gasteiger partial charge in [0.25, 0.3) is 0 Å². The minimum Gasteiger partial charge on any atom is -0.395 e. The molecule has 0 saturated carbocycles. The number of benzene rings is 1. The molecule has 0 aliphatic rings. The lowest BCUT2D eigenvalue weighted by Gasteiger charge is -2.18. The molecule has 0 radical (unpaired) electrons. The molecule has 1 aromatic rings. The molecule has 0 atom stereocenters. The second kappa shape index (κ2) is 8.81. The van der Waals surface area contributed by atoms with Crippen molar-refractivity contribution >= 4 is 0 Å². The molecule has 0 aliphatic carbocycles. The molecule has 0 aliphatic heterocycles. The van der Waals surface area contributed by atoms with Crippen molar-refractivity contribution in [3.63, 3.8) is 0 Å². The summed E-state index contributed by atoms with van der Waals surface area (Å²) in [4.78, 5) is 2.16. The summed E-state index contributed by atoms with van der Waals surface area (Å²) in [5.41, 5.74) is 1.26. The van der Waals surface area contributed by atoms with E-state index < -0.39 is 0 Å². The first kappa shape index (κ1) is 13.8. The van der Waals surface area contributed by atoms with Crippen LogP contribution in [-0.2, 0) is 6.54 Å². The van der Waals surface area contributed by atoms with Gasteiger partial charge in [-0.15, -0.1) is 5.92 Å². The second-order valence-electron chi connectivity index (χ2n) is 4.02. The molecule has 0 amide bonds. The summed E-state index contributed by atoms with van der Waals surface area (Å²) >= 11 is 0. The number of nitrogens with zero attached hydrogens (tertiary/aromatic N) is 1. The van der Waals surface area contributed by atoms with Gasteiger partial charge in [-0.3, -0.25) is 4.90 Å². The van der Waals surface area contributed by atoms with Crippen LogP contribution < -0.4 is 0 Å². The fourth-order valence-corrected chi connectivity index (χ4v) is 1.58. The zero-order valence-electron chi connectivity index (χ0n) is 10.5. The van der Waals surface area contributed by atoms with Crippen LogP contribution in [-0.4, -0.2) is 29.7 Å². The van der Waals surface area contributed by atoms with Gasteiger partial charge < -0.3 is 5.11 Å². The molecular formula is C15H21NO. The summed E-state index contributed by atoms with van der Waals surface area (Å²) in [6.45, 7) is 4.57. The molecule has 0 heterocycles.